The van der Waals surface area contributed by atoms with E-state index in [0.717, 1.165) is 50.4 Å². The van der Waals surface area contributed by atoms with E-state index >= 15 is 0 Å². The molecule has 2 aromatic rings. The van der Waals surface area contributed by atoms with Crippen LogP contribution in [0.2, 0.25) is 0 Å². The maximum atomic E-state index is 12.5. The first-order valence-electron chi connectivity index (χ1n) is 11.3. The molecule has 0 bridgehead atoms. The van der Waals surface area contributed by atoms with Crippen LogP contribution < -0.4 is 16.5 Å². The average Bonchev–Trinajstić information content (AvgIpc) is 3.09. The van der Waals surface area contributed by atoms with E-state index in [1.165, 1.54) is 11.0 Å². The highest BCUT2D eigenvalue weighted by molar-refractivity contribution is 5.97. The van der Waals surface area contributed by atoms with Gasteiger partial charge in [-0.1, -0.05) is 24.0 Å². The Morgan fingerprint density at radius 1 is 1.06 bits per heavy atom. The quantitative estimate of drug-likeness (QED) is 0.293. The Balaban J connectivity index is 1.60. The molecule has 0 aliphatic carbocycles. The van der Waals surface area contributed by atoms with E-state index < -0.39 is 23.4 Å². The fourth-order valence-electron chi connectivity index (χ4n) is 3.63. The number of ether oxygens (including phenoxy) is 1. The molecule has 5 N–H and O–H groups in total. The number of nitrogens with zero attached hydrogens (tertiary/aromatic N) is 1. The third kappa shape index (κ3) is 7.40. The standard InChI is InChI=1S/C26H32N4O4/c1-26(2,27)23(25(32)29-33)28-24(31)22-12-10-20(11-13-22)5-4-19-6-8-21(9-7-19)18-30-14-3-16-34-17-15-30/h6-13,23,33H,3,14-18,27H2,1-2H3,(H,28,31)(H,29,32). The first-order valence-corrected chi connectivity index (χ1v) is 11.3. The van der Waals surface area contributed by atoms with E-state index in [1.54, 1.807) is 38.1 Å². The molecule has 1 saturated heterocycles. The summed E-state index contributed by atoms with van der Waals surface area (Å²) in [6, 6.07) is 13.9. The molecule has 2 aromatic carbocycles. The van der Waals surface area contributed by atoms with Crippen LogP contribution in [-0.2, 0) is 16.1 Å². The number of carbonyl (C=O) groups is 2. The first-order chi connectivity index (χ1) is 16.3. The van der Waals surface area contributed by atoms with E-state index in [9.17, 15) is 9.59 Å². The molecule has 1 heterocycles. The molecule has 0 spiro atoms. The molecular weight excluding hydrogens is 432 g/mol. The zero-order valence-corrected chi connectivity index (χ0v) is 19.6. The molecule has 0 aromatic heterocycles. The SMILES string of the molecule is CC(C)(N)C(NC(=O)c1ccc(C#Cc2ccc(CN3CCCOCC3)cc2)cc1)C(=O)NO. The Kier molecular flexibility index (Phi) is 8.79. The van der Waals surface area contributed by atoms with Crippen LogP contribution in [0.1, 0.15) is 47.3 Å². The summed E-state index contributed by atoms with van der Waals surface area (Å²) in [5.74, 6) is 4.99. The lowest BCUT2D eigenvalue weighted by atomic mass is 9.95. The highest BCUT2D eigenvalue weighted by atomic mass is 16.5. The highest BCUT2D eigenvalue weighted by Gasteiger charge is 2.33. The van der Waals surface area contributed by atoms with Crippen molar-refractivity contribution in [2.24, 2.45) is 5.73 Å². The Morgan fingerprint density at radius 2 is 1.68 bits per heavy atom. The van der Waals surface area contributed by atoms with Crippen LogP contribution >= 0.6 is 0 Å². The van der Waals surface area contributed by atoms with Crippen molar-refractivity contribution in [3.63, 3.8) is 0 Å². The van der Waals surface area contributed by atoms with E-state index in [2.05, 4.69) is 34.2 Å². The second-order valence-corrected chi connectivity index (χ2v) is 8.97. The number of nitrogens with one attached hydrogen (secondary N) is 2. The zero-order chi connectivity index (χ0) is 24.6. The normalized spacial score (nSPS) is 15.4. The maximum Gasteiger partial charge on any atom is 0.267 e. The van der Waals surface area contributed by atoms with Gasteiger partial charge in [-0.15, -0.1) is 0 Å². The van der Waals surface area contributed by atoms with Crippen LogP contribution in [0.25, 0.3) is 0 Å². The van der Waals surface area contributed by atoms with Crippen LogP contribution in [0.4, 0.5) is 0 Å². The number of rotatable bonds is 6. The second kappa shape index (κ2) is 11.8. The van der Waals surface area contributed by atoms with Gasteiger partial charge in [0.15, 0.2) is 0 Å². The summed E-state index contributed by atoms with van der Waals surface area (Å²) in [6.07, 6.45) is 1.06. The molecule has 180 valence electrons. The topological polar surface area (TPSA) is 117 Å². The van der Waals surface area contributed by atoms with Gasteiger partial charge in [0.1, 0.15) is 6.04 Å². The van der Waals surface area contributed by atoms with Gasteiger partial charge in [0.25, 0.3) is 11.8 Å². The summed E-state index contributed by atoms with van der Waals surface area (Å²) in [4.78, 5) is 26.8. The monoisotopic (exact) mass is 464 g/mol. The van der Waals surface area contributed by atoms with Gasteiger partial charge in [0.2, 0.25) is 0 Å². The fraction of sp³-hybridized carbons (Fsp3) is 0.385. The predicted octanol–water partition coefficient (Wildman–Crippen LogP) is 1.65. The van der Waals surface area contributed by atoms with Gasteiger partial charge in [0.05, 0.1) is 6.61 Å². The Hall–Kier alpha value is -3.22. The van der Waals surface area contributed by atoms with Crippen molar-refractivity contribution in [2.75, 3.05) is 26.3 Å². The lowest BCUT2D eigenvalue weighted by Gasteiger charge is -2.29. The summed E-state index contributed by atoms with van der Waals surface area (Å²) in [6.45, 7) is 7.70. The molecule has 8 nitrogen and oxygen atoms in total. The third-order valence-electron chi connectivity index (χ3n) is 5.57. The molecular formula is C26H32N4O4. The summed E-state index contributed by atoms with van der Waals surface area (Å²) >= 11 is 0. The number of benzene rings is 2. The number of carbonyl (C=O) groups excluding carboxylic acids is 2. The minimum absolute atomic E-state index is 0.355. The Bertz CT molecular complexity index is 1030. The summed E-state index contributed by atoms with van der Waals surface area (Å²) in [5.41, 5.74) is 9.69. The smallest absolute Gasteiger partial charge is 0.267 e. The van der Waals surface area contributed by atoms with Crippen molar-refractivity contribution < 1.29 is 19.5 Å². The molecule has 2 amide bonds. The number of hydrogen-bond acceptors (Lipinski definition) is 6. The van der Waals surface area contributed by atoms with Crippen LogP contribution in [0.5, 0.6) is 0 Å². The number of hydrogen-bond donors (Lipinski definition) is 4. The van der Waals surface area contributed by atoms with Crippen molar-refractivity contribution in [2.45, 2.75) is 38.4 Å². The summed E-state index contributed by atoms with van der Waals surface area (Å²) < 4.78 is 5.51. The Morgan fingerprint density at radius 3 is 2.26 bits per heavy atom. The number of amides is 2. The fourth-order valence-corrected chi connectivity index (χ4v) is 3.63. The van der Waals surface area contributed by atoms with Crippen LogP contribution in [0.3, 0.4) is 0 Å². The predicted molar refractivity (Wildman–Crippen MR) is 129 cm³/mol. The highest BCUT2D eigenvalue weighted by Crippen LogP contribution is 2.11. The van der Waals surface area contributed by atoms with Gasteiger partial charge in [0, 0.05) is 48.5 Å². The molecule has 1 unspecified atom stereocenters. The Labute approximate surface area is 200 Å². The lowest BCUT2D eigenvalue weighted by Crippen LogP contribution is -2.61. The first kappa shape index (κ1) is 25.4. The average molecular weight is 465 g/mol. The minimum Gasteiger partial charge on any atom is -0.380 e. The van der Waals surface area contributed by atoms with Crippen molar-refractivity contribution >= 4 is 11.8 Å². The molecule has 1 fully saturated rings. The molecule has 0 radical (unpaired) electrons. The van der Waals surface area contributed by atoms with E-state index in [0.29, 0.717) is 5.56 Å². The molecule has 34 heavy (non-hydrogen) atoms. The zero-order valence-electron chi connectivity index (χ0n) is 19.6. The summed E-state index contributed by atoms with van der Waals surface area (Å²) in [5, 5.41) is 11.5. The van der Waals surface area contributed by atoms with E-state index in [-0.39, 0.29) is 0 Å². The largest absolute Gasteiger partial charge is 0.380 e. The summed E-state index contributed by atoms with van der Waals surface area (Å²) in [7, 11) is 0. The van der Waals surface area contributed by atoms with E-state index in [1.807, 2.05) is 12.1 Å². The van der Waals surface area contributed by atoms with Gasteiger partial charge in [-0.05, 0) is 62.2 Å². The van der Waals surface area contributed by atoms with Gasteiger partial charge in [-0.25, -0.2) is 5.48 Å². The molecule has 8 heteroatoms. The van der Waals surface area contributed by atoms with Crippen LogP contribution in [-0.4, -0.2) is 59.8 Å². The van der Waals surface area contributed by atoms with Gasteiger partial charge >= 0.3 is 0 Å². The third-order valence-corrected chi connectivity index (χ3v) is 5.57. The maximum absolute atomic E-state index is 12.5. The second-order valence-electron chi connectivity index (χ2n) is 8.97. The molecule has 3 rings (SSSR count). The number of hydroxylamine groups is 1. The number of nitrogens with two attached hydrogens (primary N) is 1. The van der Waals surface area contributed by atoms with Gasteiger partial charge in [-0.3, -0.25) is 19.7 Å². The van der Waals surface area contributed by atoms with Crippen molar-refractivity contribution in [1.82, 2.24) is 15.7 Å². The van der Waals surface area contributed by atoms with Crippen LogP contribution in [0.15, 0.2) is 48.5 Å². The minimum atomic E-state index is -1.10. The van der Waals surface area contributed by atoms with Crippen molar-refractivity contribution in [1.29, 1.82) is 0 Å². The lowest BCUT2D eigenvalue weighted by molar-refractivity contribution is -0.132. The molecule has 1 atom stereocenters. The van der Waals surface area contributed by atoms with Crippen molar-refractivity contribution in [3.05, 3.63) is 70.8 Å². The molecule has 1 aliphatic rings. The van der Waals surface area contributed by atoms with Crippen LogP contribution in [0, 0.1) is 11.8 Å². The molecule has 0 saturated carbocycles. The van der Waals surface area contributed by atoms with Gasteiger partial charge in [-0.2, -0.15) is 0 Å². The van der Waals surface area contributed by atoms with E-state index in [4.69, 9.17) is 15.7 Å². The van der Waals surface area contributed by atoms with Crippen molar-refractivity contribution in [3.8, 4) is 11.8 Å². The molecule has 1 aliphatic heterocycles. The van der Waals surface area contributed by atoms with Gasteiger partial charge < -0.3 is 15.8 Å².